The quantitative estimate of drug-likeness (QED) is 0.917. The van der Waals surface area contributed by atoms with Gasteiger partial charge in [0.15, 0.2) is 0 Å². The van der Waals surface area contributed by atoms with Crippen LogP contribution in [0.5, 0.6) is 0 Å². The molecule has 0 aliphatic heterocycles. The van der Waals surface area contributed by atoms with Gasteiger partial charge in [-0.25, -0.2) is 9.67 Å². The standard InChI is InChI=1S/C15H21N3O2/c1-9-16-14(18(17-9)8-13(19)20)15-5-10-2-11(6-15)4-12(3-10)7-15/h10-12H,2-8H2,1H3,(H,19,20). The van der Waals surface area contributed by atoms with Crippen molar-refractivity contribution in [2.75, 3.05) is 0 Å². The molecule has 0 spiro atoms. The number of aromatic nitrogens is 3. The Hall–Kier alpha value is -1.39. The number of aliphatic carboxylic acids is 1. The summed E-state index contributed by atoms with van der Waals surface area (Å²) >= 11 is 0. The summed E-state index contributed by atoms with van der Waals surface area (Å²) in [4.78, 5) is 15.7. The van der Waals surface area contributed by atoms with Crippen LogP contribution < -0.4 is 0 Å². The summed E-state index contributed by atoms with van der Waals surface area (Å²) in [6.45, 7) is 1.81. The first-order chi connectivity index (χ1) is 9.54. The lowest BCUT2D eigenvalue weighted by Gasteiger charge is -2.56. The molecule has 4 saturated carbocycles. The van der Waals surface area contributed by atoms with Gasteiger partial charge >= 0.3 is 5.97 Å². The number of carboxylic acid groups (broad SMARTS) is 1. The van der Waals surface area contributed by atoms with E-state index in [2.05, 4.69) is 10.1 Å². The number of rotatable bonds is 3. The minimum atomic E-state index is -0.833. The topological polar surface area (TPSA) is 68.0 Å². The molecule has 0 radical (unpaired) electrons. The second-order valence-corrected chi connectivity index (χ2v) is 7.23. The molecule has 5 rings (SSSR count). The van der Waals surface area contributed by atoms with E-state index >= 15 is 0 Å². The zero-order valence-electron chi connectivity index (χ0n) is 11.9. The number of carboxylic acids is 1. The Kier molecular flexibility index (Phi) is 2.51. The van der Waals surface area contributed by atoms with Gasteiger partial charge in [0.05, 0.1) is 0 Å². The summed E-state index contributed by atoms with van der Waals surface area (Å²) in [5.74, 6) is 3.32. The van der Waals surface area contributed by atoms with Gasteiger partial charge < -0.3 is 5.11 Å². The molecular formula is C15H21N3O2. The molecule has 4 bridgehead atoms. The predicted molar refractivity (Wildman–Crippen MR) is 72.2 cm³/mol. The fraction of sp³-hybridized carbons (Fsp3) is 0.800. The number of hydrogen-bond acceptors (Lipinski definition) is 3. The molecule has 1 heterocycles. The van der Waals surface area contributed by atoms with E-state index in [1.54, 1.807) is 4.68 Å². The van der Waals surface area contributed by atoms with E-state index in [0.717, 1.165) is 23.6 Å². The third kappa shape index (κ3) is 1.79. The fourth-order valence-electron chi connectivity index (χ4n) is 5.47. The maximum Gasteiger partial charge on any atom is 0.325 e. The summed E-state index contributed by atoms with van der Waals surface area (Å²) < 4.78 is 1.66. The first-order valence-corrected chi connectivity index (χ1v) is 7.68. The highest BCUT2D eigenvalue weighted by molar-refractivity contribution is 5.66. The largest absolute Gasteiger partial charge is 0.480 e. The zero-order valence-corrected chi connectivity index (χ0v) is 11.9. The van der Waals surface area contributed by atoms with E-state index in [1.807, 2.05) is 6.92 Å². The van der Waals surface area contributed by atoms with Gasteiger partial charge in [0.25, 0.3) is 0 Å². The Morgan fingerprint density at radius 3 is 2.30 bits per heavy atom. The lowest BCUT2D eigenvalue weighted by atomic mass is 9.49. The lowest BCUT2D eigenvalue weighted by molar-refractivity contribution is -0.138. The van der Waals surface area contributed by atoms with Crippen molar-refractivity contribution in [2.45, 2.75) is 57.4 Å². The molecule has 108 valence electrons. The van der Waals surface area contributed by atoms with Crippen LogP contribution >= 0.6 is 0 Å². The molecule has 5 nitrogen and oxygen atoms in total. The van der Waals surface area contributed by atoms with E-state index < -0.39 is 5.97 Å². The van der Waals surface area contributed by atoms with Crippen LogP contribution in [-0.4, -0.2) is 25.8 Å². The van der Waals surface area contributed by atoms with Crippen molar-refractivity contribution in [1.82, 2.24) is 14.8 Å². The van der Waals surface area contributed by atoms with Gasteiger partial charge in [-0.05, 0) is 63.2 Å². The Balaban J connectivity index is 1.75. The lowest BCUT2D eigenvalue weighted by Crippen LogP contribution is -2.50. The van der Waals surface area contributed by atoms with Crippen LogP contribution in [0.2, 0.25) is 0 Å². The van der Waals surface area contributed by atoms with Crippen molar-refractivity contribution in [2.24, 2.45) is 17.8 Å². The van der Waals surface area contributed by atoms with Crippen LogP contribution in [0.1, 0.15) is 50.2 Å². The van der Waals surface area contributed by atoms with Gasteiger partial charge in [-0.2, -0.15) is 5.10 Å². The van der Waals surface area contributed by atoms with Crippen molar-refractivity contribution in [1.29, 1.82) is 0 Å². The SMILES string of the molecule is Cc1nc(C23CC4CC(CC(C4)C2)C3)n(CC(=O)O)n1. The van der Waals surface area contributed by atoms with Crippen LogP contribution in [0.15, 0.2) is 0 Å². The first-order valence-electron chi connectivity index (χ1n) is 7.68. The number of carbonyl (C=O) groups is 1. The molecule has 0 saturated heterocycles. The maximum absolute atomic E-state index is 11.1. The molecule has 1 N–H and O–H groups in total. The molecule has 0 aromatic carbocycles. The summed E-state index contributed by atoms with van der Waals surface area (Å²) in [5, 5.41) is 13.4. The number of hydrogen-bond donors (Lipinski definition) is 1. The Bertz CT molecular complexity index is 528. The summed E-state index contributed by atoms with van der Waals surface area (Å²) in [6, 6.07) is 0. The molecule has 4 fully saturated rings. The van der Waals surface area contributed by atoms with Crippen molar-refractivity contribution in [3.05, 3.63) is 11.6 Å². The van der Waals surface area contributed by atoms with E-state index in [4.69, 9.17) is 5.11 Å². The Morgan fingerprint density at radius 1 is 1.25 bits per heavy atom. The third-order valence-corrected chi connectivity index (χ3v) is 5.58. The van der Waals surface area contributed by atoms with Gasteiger partial charge in [-0.15, -0.1) is 0 Å². The van der Waals surface area contributed by atoms with E-state index in [0.29, 0.717) is 5.82 Å². The molecule has 20 heavy (non-hydrogen) atoms. The average molecular weight is 275 g/mol. The highest BCUT2D eigenvalue weighted by Gasteiger charge is 2.53. The smallest absolute Gasteiger partial charge is 0.325 e. The van der Waals surface area contributed by atoms with Gasteiger partial charge in [0.1, 0.15) is 18.2 Å². The van der Waals surface area contributed by atoms with Crippen LogP contribution in [0.25, 0.3) is 0 Å². The Labute approximate surface area is 118 Å². The van der Waals surface area contributed by atoms with Crippen LogP contribution in [-0.2, 0) is 16.8 Å². The van der Waals surface area contributed by atoms with E-state index in [1.165, 1.54) is 38.5 Å². The zero-order chi connectivity index (χ0) is 13.9. The molecular weight excluding hydrogens is 254 g/mol. The summed E-state index contributed by atoms with van der Waals surface area (Å²) in [5.41, 5.74) is 0.117. The maximum atomic E-state index is 11.1. The first kappa shape index (κ1) is 12.4. The van der Waals surface area contributed by atoms with Crippen LogP contribution in [0, 0.1) is 24.7 Å². The molecule has 4 aliphatic carbocycles. The van der Waals surface area contributed by atoms with Gasteiger partial charge in [0.2, 0.25) is 0 Å². The second-order valence-electron chi connectivity index (χ2n) is 7.23. The molecule has 0 unspecified atom stereocenters. The molecule has 0 atom stereocenters. The van der Waals surface area contributed by atoms with E-state index in [-0.39, 0.29) is 12.0 Å². The van der Waals surface area contributed by atoms with Crippen molar-refractivity contribution >= 4 is 5.97 Å². The summed E-state index contributed by atoms with van der Waals surface area (Å²) in [6.07, 6.45) is 7.71. The molecule has 1 aromatic rings. The average Bonchev–Trinajstić information content (AvgIpc) is 2.68. The minimum absolute atomic E-state index is 0.0576. The Morgan fingerprint density at radius 2 is 1.80 bits per heavy atom. The number of aryl methyl sites for hydroxylation is 1. The van der Waals surface area contributed by atoms with Gasteiger partial charge in [-0.3, -0.25) is 4.79 Å². The van der Waals surface area contributed by atoms with E-state index in [9.17, 15) is 4.79 Å². The highest BCUT2D eigenvalue weighted by Crippen LogP contribution is 2.60. The molecule has 0 amide bonds. The monoisotopic (exact) mass is 275 g/mol. The van der Waals surface area contributed by atoms with Gasteiger partial charge in [-0.1, -0.05) is 0 Å². The van der Waals surface area contributed by atoms with Gasteiger partial charge in [0, 0.05) is 5.41 Å². The molecule has 5 heteroatoms. The number of nitrogens with zero attached hydrogens (tertiary/aromatic N) is 3. The van der Waals surface area contributed by atoms with Crippen molar-refractivity contribution in [3.8, 4) is 0 Å². The minimum Gasteiger partial charge on any atom is -0.480 e. The predicted octanol–water partition coefficient (Wildman–Crippen LogP) is 2.14. The van der Waals surface area contributed by atoms with Crippen molar-refractivity contribution in [3.63, 3.8) is 0 Å². The summed E-state index contributed by atoms with van der Waals surface area (Å²) in [7, 11) is 0. The fourth-order valence-corrected chi connectivity index (χ4v) is 5.47. The highest BCUT2D eigenvalue weighted by atomic mass is 16.4. The molecule has 1 aromatic heterocycles. The van der Waals surface area contributed by atoms with Crippen LogP contribution in [0.4, 0.5) is 0 Å². The third-order valence-electron chi connectivity index (χ3n) is 5.58. The normalized spacial score (nSPS) is 38.4. The molecule has 4 aliphatic rings. The van der Waals surface area contributed by atoms with Crippen LogP contribution in [0.3, 0.4) is 0 Å². The van der Waals surface area contributed by atoms with Crippen molar-refractivity contribution < 1.29 is 9.90 Å². The second kappa shape index (κ2) is 4.06.